The number of fused-ring (bicyclic) bond motifs is 1. The molecule has 5 atom stereocenters. The Bertz CT molecular complexity index is 1070. The molecule has 1 fully saturated rings. The zero-order valence-corrected chi connectivity index (χ0v) is 20.3. The first-order chi connectivity index (χ1) is 14.6. The van der Waals surface area contributed by atoms with E-state index in [4.69, 9.17) is 24.3 Å². The van der Waals surface area contributed by atoms with Gasteiger partial charge in [-0.15, -0.1) is 0 Å². The smallest absolute Gasteiger partial charge is 0.374 e. The van der Waals surface area contributed by atoms with Crippen LogP contribution in [-0.2, 0) is 23.1 Å². The molecule has 0 aliphatic carbocycles. The molecule has 3 rings (SSSR count). The average molecular weight is 473 g/mol. The number of hydrogen-bond donors (Lipinski definition) is 3. The standard InChI is InChI=1S/C19H32N5O7P/c1-18(2,3)8-10-12(30-32(26,27)31-19(4,5)6)13(28-7)16(29-10)24-9-21-11-14(24)22-17(20)23-15(11)25/h9-10,12-13,16H,8H2,1-7H3,(H,26,27)(H3,20,22,23,25)/t10-,12?,13+,16-/m1/s1. The van der Waals surface area contributed by atoms with Gasteiger partial charge in [-0.2, -0.15) is 4.98 Å². The van der Waals surface area contributed by atoms with Crippen LogP contribution in [0.1, 0.15) is 54.2 Å². The van der Waals surface area contributed by atoms with Gasteiger partial charge in [0.15, 0.2) is 17.4 Å². The summed E-state index contributed by atoms with van der Waals surface area (Å²) in [6.45, 7) is 11.0. The van der Waals surface area contributed by atoms with Crippen molar-refractivity contribution in [3.8, 4) is 0 Å². The van der Waals surface area contributed by atoms with E-state index in [1.165, 1.54) is 18.0 Å². The van der Waals surface area contributed by atoms with Gasteiger partial charge in [0.25, 0.3) is 5.56 Å². The predicted octanol–water partition coefficient (Wildman–Crippen LogP) is 2.35. The molecule has 2 aromatic heterocycles. The van der Waals surface area contributed by atoms with Crippen LogP contribution in [0.4, 0.5) is 5.95 Å². The van der Waals surface area contributed by atoms with Crippen LogP contribution < -0.4 is 11.3 Å². The van der Waals surface area contributed by atoms with Crippen molar-refractivity contribution in [2.75, 3.05) is 12.8 Å². The number of methoxy groups -OCH3 is 1. The number of phosphoric acid groups is 1. The normalized spacial score (nSPS) is 26.5. The zero-order chi connectivity index (χ0) is 24.1. The number of hydrogen-bond acceptors (Lipinski definition) is 9. The van der Waals surface area contributed by atoms with Crippen molar-refractivity contribution in [3.63, 3.8) is 0 Å². The summed E-state index contributed by atoms with van der Waals surface area (Å²) in [6, 6.07) is 0. The number of phosphoric ester groups is 1. The van der Waals surface area contributed by atoms with E-state index in [1.807, 2.05) is 20.8 Å². The molecule has 1 saturated heterocycles. The number of nitrogens with two attached hydrogens (primary N) is 1. The van der Waals surface area contributed by atoms with Gasteiger partial charge in [0.1, 0.15) is 12.2 Å². The lowest BCUT2D eigenvalue weighted by atomic mass is 9.87. The molecular weight excluding hydrogens is 441 g/mol. The summed E-state index contributed by atoms with van der Waals surface area (Å²) in [5, 5.41) is 0. The third-order valence-electron chi connectivity index (χ3n) is 4.74. The van der Waals surface area contributed by atoms with Crippen molar-refractivity contribution >= 4 is 24.9 Å². The van der Waals surface area contributed by atoms with Crippen molar-refractivity contribution < 1.29 is 28.0 Å². The number of nitrogens with one attached hydrogen (secondary N) is 1. The lowest BCUT2D eigenvalue weighted by Crippen LogP contribution is -2.37. The Hall–Kier alpha value is -1.82. The van der Waals surface area contributed by atoms with Crippen molar-refractivity contribution in [2.24, 2.45) is 5.41 Å². The summed E-state index contributed by atoms with van der Waals surface area (Å²) in [5.41, 5.74) is 4.40. The zero-order valence-electron chi connectivity index (χ0n) is 19.4. The molecule has 1 aliphatic rings. The average Bonchev–Trinajstić information content (AvgIpc) is 3.12. The Kier molecular flexibility index (Phi) is 6.60. The van der Waals surface area contributed by atoms with Crippen molar-refractivity contribution in [2.45, 2.75) is 78.1 Å². The van der Waals surface area contributed by atoms with Crippen molar-refractivity contribution in [3.05, 3.63) is 16.7 Å². The molecule has 12 nitrogen and oxygen atoms in total. The van der Waals surface area contributed by atoms with E-state index in [2.05, 4.69) is 15.0 Å². The van der Waals surface area contributed by atoms with Crippen LogP contribution in [0.2, 0.25) is 0 Å². The monoisotopic (exact) mass is 473 g/mol. The summed E-state index contributed by atoms with van der Waals surface area (Å²) >= 11 is 0. The molecule has 0 spiro atoms. The maximum Gasteiger partial charge on any atom is 0.473 e. The molecule has 3 heterocycles. The van der Waals surface area contributed by atoms with Gasteiger partial charge in [-0.1, -0.05) is 20.8 Å². The Morgan fingerprint density at radius 2 is 1.94 bits per heavy atom. The Labute approximate surface area is 186 Å². The van der Waals surface area contributed by atoms with E-state index >= 15 is 0 Å². The van der Waals surface area contributed by atoms with Crippen LogP contribution in [-0.4, -0.2) is 55.4 Å². The minimum Gasteiger partial charge on any atom is -0.374 e. The quantitative estimate of drug-likeness (QED) is 0.530. The van der Waals surface area contributed by atoms with E-state index in [1.54, 1.807) is 20.8 Å². The highest BCUT2D eigenvalue weighted by Crippen LogP contribution is 2.52. The molecular formula is C19H32N5O7P. The van der Waals surface area contributed by atoms with Gasteiger partial charge in [-0.25, -0.2) is 9.55 Å². The summed E-state index contributed by atoms with van der Waals surface area (Å²) in [5.74, 6) is -0.0753. The molecule has 4 N–H and O–H groups in total. The largest absolute Gasteiger partial charge is 0.473 e. The van der Waals surface area contributed by atoms with Crippen LogP contribution in [0.3, 0.4) is 0 Å². The van der Waals surface area contributed by atoms with Crippen molar-refractivity contribution in [1.29, 1.82) is 0 Å². The molecule has 180 valence electrons. The number of rotatable bonds is 6. The first kappa shape index (κ1) is 24.8. The summed E-state index contributed by atoms with van der Waals surface area (Å²) < 4.78 is 37.1. The second-order valence-electron chi connectivity index (χ2n) is 10.0. The summed E-state index contributed by atoms with van der Waals surface area (Å²) in [7, 11) is -3.02. The van der Waals surface area contributed by atoms with E-state index in [9.17, 15) is 14.3 Å². The minimum absolute atomic E-state index is 0.0753. The number of nitrogens with zero attached hydrogens (tertiary/aromatic N) is 3. The molecule has 0 saturated carbocycles. The van der Waals surface area contributed by atoms with Gasteiger partial charge in [-0.05, 0) is 32.6 Å². The lowest BCUT2D eigenvalue weighted by molar-refractivity contribution is -0.0550. The molecule has 0 bridgehead atoms. The first-order valence-electron chi connectivity index (χ1n) is 10.2. The molecule has 0 aromatic carbocycles. The fourth-order valence-corrected chi connectivity index (χ4v) is 5.03. The third-order valence-corrected chi connectivity index (χ3v) is 6.03. The minimum atomic E-state index is -4.46. The van der Waals surface area contributed by atoms with Gasteiger partial charge in [0.05, 0.1) is 18.0 Å². The topological polar surface area (TPSA) is 164 Å². The van der Waals surface area contributed by atoms with Crippen molar-refractivity contribution in [1.82, 2.24) is 19.5 Å². The fourth-order valence-electron chi connectivity index (χ4n) is 3.73. The second-order valence-corrected chi connectivity index (χ2v) is 11.4. The predicted molar refractivity (Wildman–Crippen MR) is 117 cm³/mol. The van der Waals surface area contributed by atoms with Gasteiger partial charge >= 0.3 is 7.82 Å². The van der Waals surface area contributed by atoms with Gasteiger partial charge in [0, 0.05) is 7.11 Å². The number of H-pyrrole nitrogens is 1. The Morgan fingerprint density at radius 1 is 1.28 bits per heavy atom. The number of nitrogen functional groups attached to an aromatic ring is 1. The van der Waals surface area contributed by atoms with E-state index in [0.717, 1.165) is 0 Å². The maximum atomic E-state index is 12.8. The van der Waals surface area contributed by atoms with Crippen LogP contribution in [0, 0.1) is 5.41 Å². The van der Waals surface area contributed by atoms with Crippen LogP contribution >= 0.6 is 7.82 Å². The highest BCUT2D eigenvalue weighted by Gasteiger charge is 2.51. The van der Waals surface area contributed by atoms with Crippen LogP contribution in [0.15, 0.2) is 11.1 Å². The molecule has 1 aliphatic heterocycles. The summed E-state index contributed by atoms with van der Waals surface area (Å²) in [4.78, 5) is 33.3. The van der Waals surface area contributed by atoms with Gasteiger partial charge < -0.3 is 20.1 Å². The summed E-state index contributed by atoms with van der Waals surface area (Å²) in [6.07, 6.45) is -1.35. The molecule has 2 unspecified atom stereocenters. The molecule has 2 aromatic rings. The van der Waals surface area contributed by atoms with Gasteiger partial charge in [-0.3, -0.25) is 23.4 Å². The Morgan fingerprint density at radius 3 is 2.50 bits per heavy atom. The number of aromatic amines is 1. The Balaban J connectivity index is 2.02. The first-order valence-corrected chi connectivity index (χ1v) is 11.7. The molecule has 13 heteroatoms. The number of aromatic nitrogens is 4. The highest BCUT2D eigenvalue weighted by molar-refractivity contribution is 7.47. The molecule has 32 heavy (non-hydrogen) atoms. The number of anilines is 1. The fraction of sp³-hybridized carbons (Fsp3) is 0.737. The van der Waals surface area contributed by atoms with Gasteiger partial charge in [0.2, 0.25) is 5.95 Å². The maximum absolute atomic E-state index is 12.8. The lowest BCUT2D eigenvalue weighted by Gasteiger charge is -2.30. The number of imidazole rings is 1. The van der Waals surface area contributed by atoms with E-state index in [-0.39, 0.29) is 22.5 Å². The number of ether oxygens (including phenoxy) is 2. The molecule has 0 amide bonds. The van der Waals surface area contributed by atoms with E-state index in [0.29, 0.717) is 6.42 Å². The van der Waals surface area contributed by atoms with Crippen LogP contribution in [0.5, 0.6) is 0 Å². The molecule has 0 radical (unpaired) electrons. The van der Waals surface area contributed by atoms with Crippen LogP contribution in [0.25, 0.3) is 11.2 Å². The third kappa shape index (κ3) is 5.56. The van der Waals surface area contributed by atoms with E-state index < -0.39 is 43.5 Å². The SMILES string of the molecule is CO[C@H]1C(OP(=O)(O)OC(C)(C)C)[C@@H](CC(C)(C)C)O[C@H]1n1cnc2c(=O)[nH]c(N)nc21. The highest BCUT2D eigenvalue weighted by atomic mass is 31.2. The second kappa shape index (κ2) is 8.51.